The molecule has 3 aliphatic rings. The Morgan fingerprint density at radius 3 is 2.30 bits per heavy atom. The van der Waals surface area contributed by atoms with Crippen LogP contribution in [0.2, 0.25) is 0 Å². The molecule has 5 rings (SSSR count). The normalized spacial score (nSPS) is 21.8. The molecule has 2 aromatic heterocycles. The van der Waals surface area contributed by atoms with Crippen molar-refractivity contribution in [3.63, 3.8) is 0 Å². The number of nitrogens with one attached hydrogen (secondary N) is 4. The third-order valence-electron chi connectivity index (χ3n) is 10.9. The molecule has 2 aromatic rings. The fourth-order valence-electron chi connectivity index (χ4n) is 8.16. The van der Waals surface area contributed by atoms with Crippen molar-refractivity contribution in [2.45, 2.75) is 123 Å². The van der Waals surface area contributed by atoms with E-state index in [2.05, 4.69) is 36.2 Å². The van der Waals surface area contributed by atoms with Gasteiger partial charge in [-0.2, -0.15) is 0 Å². The van der Waals surface area contributed by atoms with Gasteiger partial charge in [0, 0.05) is 37.9 Å². The summed E-state index contributed by atoms with van der Waals surface area (Å²) in [5, 5.41) is 11.4. The highest BCUT2D eigenvalue weighted by atomic mass is 16.2. The molecule has 1 saturated heterocycles. The number of carbonyl (C=O) groups excluding carboxylic acids is 6. The van der Waals surface area contributed by atoms with Crippen molar-refractivity contribution < 1.29 is 28.8 Å². The van der Waals surface area contributed by atoms with Gasteiger partial charge >= 0.3 is 0 Å². The van der Waals surface area contributed by atoms with Crippen LogP contribution in [-0.2, 0) is 30.5 Å². The van der Waals surface area contributed by atoms with E-state index in [-0.39, 0.29) is 36.4 Å². The van der Waals surface area contributed by atoms with Gasteiger partial charge in [0.1, 0.15) is 23.8 Å². The Kier molecular flexibility index (Phi) is 13.3. The number of amides is 5. The molecule has 0 bridgehead atoms. The van der Waals surface area contributed by atoms with E-state index in [1.54, 1.807) is 29.4 Å². The van der Waals surface area contributed by atoms with Crippen LogP contribution in [-0.4, -0.2) is 85.9 Å². The molecule has 14 heteroatoms. The summed E-state index contributed by atoms with van der Waals surface area (Å²) in [4.78, 5) is 96.3. The van der Waals surface area contributed by atoms with Crippen LogP contribution in [0.5, 0.6) is 0 Å². The first-order valence-corrected chi connectivity index (χ1v) is 19.1. The second kappa shape index (κ2) is 17.8. The molecule has 1 aliphatic heterocycles. The molecule has 14 nitrogen and oxygen atoms in total. The van der Waals surface area contributed by atoms with E-state index in [1.165, 1.54) is 18.6 Å². The lowest BCUT2D eigenvalue weighted by molar-refractivity contribution is -0.146. The smallest absolute Gasteiger partial charge is 0.289 e. The van der Waals surface area contributed by atoms with Crippen LogP contribution in [0.3, 0.4) is 0 Å². The highest BCUT2D eigenvalue weighted by Crippen LogP contribution is 2.43. The molecule has 5 amide bonds. The van der Waals surface area contributed by atoms with Crippen LogP contribution in [0.1, 0.15) is 108 Å². The lowest BCUT2D eigenvalue weighted by Gasteiger charge is -2.38. The number of rotatable bonds is 14. The van der Waals surface area contributed by atoms with Gasteiger partial charge in [0.15, 0.2) is 0 Å². The topological polar surface area (TPSA) is 192 Å². The number of likely N-dealkylation sites (tertiary alicyclic amines) is 1. The summed E-state index contributed by atoms with van der Waals surface area (Å²) in [7, 11) is 0. The Morgan fingerprint density at radius 2 is 1.64 bits per heavy atom. The van der Waals surface area contributed by atoms with Crippen molar-refractivity contribution in [1.29, 1.82) is 0 Å². The van der Waals surface area contributed by atoms with Gasteiger partial charge in [-0.1, -0.05) is 65.9 Å². The zero-order chi connectivity index (χ0) is 38.1. The molecular weight excluding hydrogens is 676 g/mol. The van der Waals surface area contributed by atoms with Gasteiger partial charge < -0.3 is 26.2 Å². The summed E-state index contributed by atoms with van der Waals surface area (Å²) in [6, 6.07) is -0.330. The number of carbonyl (C=O) groups is 6. The minimum Gasteiger partial charge on any atom is -0.345 e. The molecule has 3 fully saturated rings. The highest BCUT2D eigenvalue weighted by molar-refractivity contribution is 6.38. The van der Waals surface area contributed by atoms with Crippen LogP contribution in [0, 0.1) is 23.2 Å². The van der Waals surface area contributed by atoms with Gasteiger partial charge in [-0.3, -0.25) is 38.7 Å². The zero-order valence-electron chi connectivity index (χ0n) is 31.3. The van der Waals surface area contributed by atoms with Crippen molar-refractivity contribution >= 4 is 35.3 Å². The molecule has 0 aromatic carbocycles. The summed E-state index contributed by atoms with van der Waals surface area (Å²) >= 11 is 0. The van der Waals surface area contributed by atoms with Crippen molar-refractivity contribution in [2.24, 2.45) is 23.2 Å². The number of pyridine rings is 1. The van der Waals surface area contributed by atoms with Crippen LogP contribution in [0.25, 0.3) is 0 Å². The molecule has 6 atom stereocenters. The molecule has 2 saturated carbocycles. The Balaban J connectivity index is 1.34. The van der Waals surface area contributed by atoms with Crippen LogP contribution >= 0.6 is 0 Å². The molecule has 1 unspecified atom stereocenters. The van der Waals surface area contributed by atoms with Crippen LogP contribution in [0.4, 0.5) is 0 Å². The fourth-order valence-corrected chi connectivity index (χ4v) is 8.16. The number of hydrogen-bond acceptors (Lipinski definition) is 9. The average molecular weight is 731 g/mol. The minimum atomic E-state index is -1.06. The Labute approximate surface area is 311 Å². The molecular formula is C39H54N8O6. The zero-order valence-corrected chi connectivity index (χ0v) is 31.3. The Hall–Kier alpha value is -4.75. The molecule has 0 radical (unpaired) electrons. The maximum Gasteiger partial charge on any atom is 0.289 e. The lowest BCUT2D eigenvalue weighted by Crippen LogP contribution is -2.62. The van der Waals surface area contributed by atoms with E-state index < -0.39 is 64.9 Å². The maximum atomic E-state index is 14.7. The van der Waals surface area contributed by atoms with Gasteiger partial charge in [0.2, 0.25) is 23.5 Å². The quantitative estimate of drug-likeness (QED) is 0.212. The first-order chi connectivity index (χ1) is 25.4. The highest BCUT2D eigenvalue weighted by Gasteiger charge is 2.52. The Bertz CT molecular complexity index is 1610. The van der Waals surface area contributed by atoms with Crippen LogP contribution < -0.4 is 21.3 Å². The monoisotopic (exact) mass is 730 g/mol. The van der Waals surface area contributed by atoms with Crippen molar-refractivity contribution in [3.05, 3.63) is 54.4 Å². The summed E-state index contributed by atoms with van der Waals surface area (Å²) < 4.78 is 0. The summed E-state index contributed by atoms with van der Waals surface area (Å²) in [6.45, 7) is 7.90. The maximum absolute atomic E-state index is 14.7. The van der Waals surface area contributed by atoms with Crippen LogP contribution in [0.15, 0.2) is 43.1 Å². The molecule has 53 heavy (non-hydrogen) atoms. The summed E-state index contributed by atoms with van der Waals surface area (Å²) in [5.41, 5.74) is 0.0632. The molecule has 3 heterocycles. The number of aromatic nitrogens is 3. The number of Topliss-reactive ketones (excluding diaryl/α,β-unsaturated/α-hetero) is 1. The molecule has 0 spiro atoms. The number of ketones is 1. The summed E-state index contributed by atoms with van der Waals surface area (Å²) in [6.07, 6.45) is 15.2. The van der Waals surface area contributed by atoms with Gasteiger partial charge in [-0.05, 0) is 66.9 Å². The third kappa shape index (κ3) is 9.82. The second-order valence-corrected chi connectivity index (χ2v) is 15.8. The van der Waals surface area contributed by atoms with Gasteiger partial charge in [-0.25, -0.2) is 4.98 Å². The van der Waals surface area contributed by atoms with E-state index in [0.29, 0.717) is 13.0 Å². The molecule has 4 N–H and O–H groups in total. The predicted molar refractivity (Wildman–Crippen MR) is 196 cm³/mol. The predicted octanol–water partition coefficient (Wildman–Crippen LogP) is 2.88. The number of hydrogen-bond donors (Lipinski definition) is 4. The SMILES string of the molecule is CCC[C@H](NC(=O)[C@@H]1[C@H]2CCCC2CN1C(=O)[C@@H](NC(=O)[C@@H](NC(=O)c1cnccn1)C1CCCCC1)C(C)(C)C)C(=O)C(=O)NCc1cccnc1. The molecule has 286 valence electrons. The van der Waals surface area contributed by atoms with Crippen molar-refractivity contribution in [2.75, 3.05) is 6.54 Å². The van der Waals surface area contributed by atoms with Gasteiger partial charge in [0.05, 0.1) is 12.2 Å². The van der Waals surface area contributed by atoms with E-state index in [4.69, 9.17) is 0 Å². The fraction of sp³-hybridized carbons (Fsp3) is 0.615. The molecule has 2 aliphatic carbocycles. The second-order valence-electron chi connectivity index (χ2n) is 15.8. The largest absolute Gasteiger partial charge is 0.345 e. The van der Waals surface area contributed by atoms with E-state index in [0.717, 1.165) is 56.9 Å². The van der Waals surface area contributed by atoms with Crippen molar-refractivity contribution in [3.8, 4) is 0 Å². The van der Waals surface area contributed by atoms with E-state index >= 15 is 0 Å². The van der Waals surface area contributed by atoms with Crippen molar-refractivity contribution in [1.82, 2.24) is 41.1 Å². The number of fused-ring (bicyclic) bond motifs is 1. The average Bonchev–Trinajstić information content (AvgIpc) is 3.77. The summed E-state index contributed by atoms with van der Waals surface area (Å²) in [5.74, 6) is -3.56. The van der Waals surface area contributed by atoms with E-state index in [1.807, 2.05) is 27.7 Å². The Morgan fingerprint density at radius 1 is 0.887 bits per heavy atom. The third-order valence-corrected chi connectivity index (χ3v) is 10.9. The van der Waals surface area contributed by atoms with Gasteiger partial charge in [-0.15, -0.1) is 0 Å². The standard InChI is InChI=1S/C39H54N8O6/c1-5-11-28(32(48)37(52)43-21-24-12-10-17-40-20-24)44-36(51)31-27-16-9-15-26(27)23-47(31)38(53)33(39(2,3)4)46-35(50)30(25-13-7-6-8-14-25)45-34(49)29-22-41-18-19-42-29/h10,12,17-20,22,25-28,30-31,33H,5-9,11,13-16,21,23H2,1-4H3,(H,43,52)(H,44,51)(H,45,49)(H,46,50)/t26?,27-,28-,30-,31-,33+/m0/s1. The first kappa shape index (κ1) is 39.5. The van der Waals surface area contributed by atoms with Gasteiger partial charge in [0.25, 0.3) is 11.8 Å². The number of nitrogens with zero attached hydrogens (tertiary/aromatic N) is 4. The van der Waals surface area contributed by atoms with E-state index in [9.17, 15) is 28.8 Å². The lowest BCUT2D eigenvalue weighted by atomic mass is 9.82. The first-order valence-electron chi connectivity index (χ1n) is 19.1. The minimum absolute atomic E-state index is 0.0906.